The predicted molar refractivity (Wildman–Crippen MR) is 47.8 cm³/mol. The molecule has 0 saturated carbocycles. The summed E-state index contributed by atoms with van der Waals surface area (Å²) in [7, 11) is 0. The molecule has 0 saturated heterocycles. The van der Waals surface area contributed by atoms with E-state index in [0.29, 0.717) is 0 Å². The lowest BCUT2D eigenvalue weighted by Gasteiger charge is -1.97. The van der Waals surface area contributed by atoms with Gasteiger partial charge in [-0.05, 0) is 17.7 Å². The van der Waals surface area contributed by atoms with E-state index in [-0.39, 0.29) is 11.1 Å². The van der Waals surface area contributed by atoms with Crippen LogP contribution in [0.4, 0.5) is 4.39 Å². The van der Waals surface area contributed by atoms with Crippen molar-refractivity contribution in [1.29, 1.82) is 5.26 Å². The molecule has 0 unspecified atom stereocenters. The molecule has 0 aromatic heterocycles. The lowest BCUT2D eigenvalue weighted by atomic mass is 10.1. The number of hydrogen-bond acceptors (Lipinski definition) is 2. The smallest absolute Gasteiger partial charge is 0.328 e. The summed E-state index contributed by atoms with van der Waals surface area (Å²) in [6.45, 7) is 0. The summed E-state index contributed by atoms with van der Waals surface area (Å²) >= 11 is 0. The Bertz CT molecular complexity index is 432. The maximum Gasteiger partial charge on any atom is 0.328 e. The Morgan fingerprint density at radius 3 is 2.86 bits per heavy atom. The fraction of sp³-hybridized carbons (Fsp3) is 0. The molecule has 0 spiro atoms. The first-order chi connectivity index (χ1) is 6.65. The van der Waals surface area contributed by atoms with Crippen molar-refractivity contribution in [1.82, 2.24) is 0 Å². The lowest BCUT2D eigenvalue weighted by molar-refractivity contribution is -0.131. The first kappa shape index (κ1) is 9.93. The Kier molecular flexibility index (Phi) is 2.97. The van der Waals surface area contributed by atoms with E-state index in [1.165, 1.54) is 18.2 Å². The number of carboxylic acid groups (broad SMARTS) is 1. The normalized spacial score (nSPS) is 10.0. The van der Waals surface area contributed by atoms with Gasteiger partial charge in [0.2, 0.25) is 0 Å². The first-order valence-electron chi connectivity index (χ1n) is 3.75. The molecule has 0 aliphatic heterocycles. The Labute approximate surface area is 79.7 Å². The SMILES string of the molecule is N#Cc1c(F)cccc1C=CC(=O)O. The number of carboxylic acids is 1. The minimum atomic E-state index is -1.14. The Morgan fingerprint density at radius 2 is 2.29 bits per heavy atom. The summed E-state index contributed by atoms with van der Waals surface area (Å²) in [4.78, 5) is 10.2. The van der Waals surface area contributed by atoms with Crippen LogP contribution in [-0.4, -0.2) is 11.1 Å². The molecule has 0 amide bonds. The van der Waals surface area contributed by atoms with E-state index in [2.05, 4.69) is 0 Å². The van der Waals surface area contributed by atoms with Gasteiger partial charge in [0, 0.05) is 6.08 Å². The lowest BCUT2D eigenvalue weighted by Crippen LogP contribution is -1.90. The van der Waals surface area contributed by atoms with Gasteiger partial charge in [-0.1, -0.05) is 12.1 Å². The summed E-state index contributed by atoms with van der Waals surface area (Å²) < 4.78 is 13.0. The number of carbonyl (C=O) groups is 1. The van der Waals surface area contributed by atoms with E-state index in [0.717, 1.165) is 12.1 Å². The molecule has 1 aromatic rings. The van der Waals surface area contributed by atoms with Crippen LogP contribution in [0.15, 0.2) is 24.3 Å². The summed E-state index contributed by atoms with van der Waals surface area (Å²) in [6, 6.07) is 5.71. The van der Waals surface area contributed by atoms with E-state index >= 15 is 0 Å². The molecule has 1 rings (SSSR count). The number of halogens is 1. The van der Waals surface area contributed by atoms with Crippen LogP contribution < -0.4 is 0 Å². The van der Waals surface area contributed by atoms with Crippen LogP contribution in [0.1, 0.15) is 11.1 Å². The van der Waals surface area contributed by atoms with Crippen LogP contribution in [0.3, 0.4) is 0 Å². The van der Waals surface area contributed by atoms with Gasteiger partial charge >= 0.3 is 5.97 Å². The topological polar surface area (TPSA) is 61.1 Å². The van der Waals surface area contributed by atoms with Crippen LogP contribution in [0.2, 0.25) is 0 Å². The van der Waals surface area contributed by atoms with Gasteiger partial charge in [0.1, 0.15) is 11.9 Å². The number of aliphatic carboxylic acids is 1. The fourth-order valence-electron chi connectivity index (χ4n) is 0.959. The average Bonchev–Trinajstić information content (AvgIpc) is 2.14. The highest BCUT2D eigenvalue weighted by molar-refractivity contribution is 5.85. The minimum absolute atomic E-state index is 0.148. The number of nitriles is 1. The largest absolute Gasteiger partial charge is 0.478 e. The summed E-state index contributed by atoms with van der Waals surface area (Å²) in [6.07, 6.45) is 2.04. The minimum Gasteiger partial charge on any atom is -0.478 e. The van der Waals surface area contributed by atoms with Crippen molar-refractivity contribution in [2.45, 2.75) is 0 Å². The number of benzene rings is 1. The van der Waals surface area contributed by atoms with Crippen LogP contribution in [0, 0.1) is 17.1 Å². The molecule has 4 heteroatoms. The summed E-state index contributed by atoms with van der Waals surface area (Å²) in [5.41, 5.74) is 0.111. The third kappa shape index (κ3) is 2.17. The van der Waals surface area contributed by atoms with E-state index in [9.17, 15) is 9.18 Å². The third-order valence-electron chi connectivity index (χ3n) is 1.56. The second-order valence-electron chi connectivity index (χ2n) is 2.49. The van der Waals surface area contributed by atoms with Gasteiger partial charge in [-0.3, -0.25) is 0 Å². The van der Waals surface area contributed by atoms with Crippen molar-refractivity contribution in [3.63, 3.8) is 0 Å². The monoisotopic (exact) mass is 191 g/mol. The quantitative estimate of drug-likeness (QED) is 0.725. The molecule has 0 heterocycles. The highest BCUT2D eigenvalue weighted by Crippen LogP contribution is 2.13. The molecule has 0 aliphatic rings. The molecule has 1 N–H and O–H groups in total. The molecule has 0 atom stereocenters. The standard InChI is InChI=1S/C10H6FNO2/c11-9-3-1-2-7(8(9)6-12)4-5-10(13)14/h1-5H,(H,13,14). The summed E-state index contributed by atoms with van der Waals surface area (Å²) in [5.74, 6) is -1.79. The molecular formula is C10H6FNO2. The fourth-order valence-corrected chi connectivity index (χ4v) is 0.959. The predicted octanol–water partition coefficient (Wildman–Crippen LogP) is 1.80. The van der Waals surface area contributed by atoms with Gasteiger partial charge in [0.25, 0.3) is 0 Å². The molecule has 3 nitrogen and oxygen atoms in total. The first-order valence-corrected chi connectivity index (χ1v) is 3.75. The Balaban J connectivity index is 3.16. The van der Waals surface area contributed by atoms with E-state index in [4.69, 9.17) is 10.4 Å². The molecule has 0 aliphatic carbocycles. The van der Waals surface area contributed by atoms with Gasteiger partial charge in [-0.25, -0.2) is 9.18 Å². The Hall–Kier alpha value is -2.15. The van der Waals surface area contributed by atoms with Crippen molar-refractivity contribution in [2.24, 2.45) is 0 Å². The molecular weight excluding hydrogens is 185 g/mol. The molecule has 0 radical (unpaired) electrons. The maximum atomic E-state index is 13.0. The van der Waals surface area contributed by atoms with Crippen LogP contribution >= 0.6 is 0 Å². The van der Waals surface area contributed by atoms with Gasteiger partial charge in [-0.2, -0.15) is 5.26 Å². The van der Waals surface area contributed by atoms with Gasteiger partial charge < -0.3 is 5.11 Å². The second kappa shape index (κ2) is 4.19. The molecule has 70 valence electrons. The number of rotatable bonds is 2. The Morgan fingerprint density at radius 1 is 1.57 bits per heavy atom. The van der Waals surface area contributed by atoms with Crippen LogP contribution in [0.25, 0.3) is 6.08 Å². The summed E-state index contributed by atoms with van der Waals surface area (Å²) in [5, 5.41) is 16.9. The van der Waals surface area contributed by atoms with Crippen molar-refractivity contribution in [3.8, 4) is 6.07 Å². The second-order valence-corrected chi connectivity index (χ2v) is 2.49. The van der Waals surface area contributed by atoms with E-state index in [1.807, 2.05) is 0 Å². The van der Waals surface area contributed by atoms with Crippen molar-refractivity contribution < 1.29 is 14.3 Å². The average molecular weight is 191 g/mol. The third-order valence-corrected chi connectivity index (χ3v) is 1.56. The van der Waals surface area contributed by atoms with Crippen molar-refractivity contribution >= 4 is 12.0 Å². The zero-order chi connectivity index (χ0) is 10.6. The van der Waals surface area contributed by atoms with Crippen molar-refractivity contribution in [2.75, 3.05) is 0 Å². The molecule has 1 aromatic carbocycles. The van der Waals surface area contributed by atoms with Gasteiger partial charge in [-0.15, -0.1) is 0 Å². The van der Waals surface area contributed by atoms with Crippen molar-refractivity contribution in [3.05, 3.63) is 41.2 Å². The zero-order valence-electron chi connectivity index (χ0n) is 7.07. The highest BCUT2D eigenvalue weighted by atomic mass is 19.1. The molecule has 14 heavy (non-hydrogen) atoms. The highest BCUT2D eigenvalue weighted by Gasteiger charge is 2.04. The van der Waals surface area contributed by atoms with E-state index in [1.54, 1.807) is 6.07 Å². The molecule has 0 fully saturated rings. The van der Waals surface area contributed by atoms with Crippen LogP contribution in [0.5, 0.6) is 0 Å². The maximum absolute atomic E-state index is 13.0. The zero-order valence-corrected chi connectivity index (χ0v) is 7.07. The van der Waals surface area contributed by atoms with E-state index < -0.39 is 11.8 Å². The van der Waals surface area contributed by atoms with Gasteiger partial charge in [0.15, 0.2) is 0 Å². The number of hydrogen-bond donors (Lipinski definition) is 1. The molecule has 0 bridgehead atoms. The van der Waals surface area contributed by atoms with Crippen LogP contribution in [-0.2, 0) is 4.79 Å². The number of nitrogens with zero attached hydrogens (tertiary/aromatic N) is 1. The van der Waals surface area contributed by atoms with Gasteiger partial charge in [0.05, 0.1) is 5.56 Å².